The summed E-state index contributed by atoms with van der Waals surface area (Å²) >= 11 is 7.14. The van der Waals surface area contributed by atoms with Crippen molar-refractivity contribution in [1.29, 1.82) is 0 Å². The first-order valence-electron chi connectivity index (χ1n) is 5.90. The van der Waals surface area contributed by atoms with Gasteiger partial charge in [0.1, 0.15) is 16.8 Å². The summed E-state index contributed by atoms with van der Waals surface area (Å²) in [5.74, 6) is 1.93. The molecule has 0 N–H and O–H groups in total. The predicted octanol–water partition coefficient (Wildman–Crippen LogP) is 2.07. The molecule has 19 heavy (non-hydrogen) atoms. The molecule has 0 bridgehead atoms. The lowest BCUT2D eigenvalue weighted by Gasteiger charge is -2.15. The first-order valence-corrected chi connectivity index (χ1v) is 7.27. The Bertz CT molecular complexity index is 503. The van der Waals surface area contributed by atoms with Crippen LogP contribution in [0.3, 0.4) is 0 Å². The highest BCUT2D eigenvalue weighted by molar-refractivity contribution is 8.13. The zero-order valence-corrected chi connectivity index (χ0v) is 12.3. The molecule has 1 saturated heterocycles. The summed E-state index contributed by atoms with van der Waals surface area (Å²) in [7, 11) is 0. The maximum Gasteiger partial charge on any atom is 0.228 e. The highest BCUT2D eigenvalue weighted by atomic mass is 35.5. The molecule has 5 nitrogen and oxygen atoms in total. The van der Waals surface area contributed by atoms with Crippen LogP contribution in [0, 0.1) is 12.8 Å². The number of halogens is 1. The lowest BCUT2D eigenvalue weighted by atomic mass is 10.1. The molecular weight excluding hydrogens is 286 g/mol. The number of hydrogen-bond donors (Lipinski definition) is 0. The van der Waals surface area contributed by atoms with Crippen LogP contribution in [-0.2, 0) is 9.59 Å². The minimum absolute atomic E-state index is 0.0170. The van der Waals surface area contributed by atoms with E-state index in [9.17, 15) is 9.59 Å². The monoisotopic (exact) mass is 299 g/mol. The fraction of sp³-hybridized carbons (Fsp3) is 0.500. The van der Waals surface area contributed by atoms with Gasteiger partial charge in [-0.05, 0) is 12.8 Å². The summed E-state index contributed by atoms with van der Waals surface area (Å²) in [6.45, 7) is 3.84. The van der Waals surface area contributed by atoms with Crippen LogP contribution >= 0.6 is 23.4 Å². The van der Waals surface area contributed by atoms with E-state index >= 15 is 0 Å². The molecule has 2 heterocycles. The van der Waals surface area contributed by atoms with Crippen molar-refractivity contribution < 1.29 is 9.59 Å². The first-order chi connectivity index (χ1) is 8.95. The summed E-state index contributed by atoms with van der Waals surface area (Å²) in [6, 6.07) is 1.59. The molecule has 1 fully saturated rings. The Hall–Kier alpha value is -1.14. The molecule has 1 aromatic rings. The third-order valence-electron chi connectivity index (χ3n) is 2.80. The van der Waals surface area contributed by atoms with Crippen LogP contribution in [0.2, 0.25) is 5.15 Å². The fourth-order valence-electron chi connectivity index (χ4n) is 2.00. The third-order valence-corrected chi connectivity index (χ3v) is 4.04. The van der Waals surface area contributed by atoms with E-state index in [2.05, 4.69) is 9.97 Å². The summed E-state index contributed by atoms with van der Waals surface area (Å²) in [6.07, 6.45) is 0.445. The van der Waals surface area contributed by atoms with Gasteiger partial charge in [0.2, 0.25) is 5.91 Å². The summed E-state index contributed by atoms with van der Waals surface area (Å²) in [4.78, 5) is 32.8. The molecule has 0 saturated carbocycles. The van der Waals surface area contributed by atoms with Gasteiger partial charge in [0.25, 0.3) is 0 Å². The van der Waals surface area contributed by atoms with Crippen LogP contribution in [0.1, 0.15) is 19.2 Å². The largest absolute Gasteiger partial charge is 0.296 e. The molecule has 1 atom stereocenters. The topological polar surface area (TPSA) is 63.2 Å². The van der Waals surface area contributed by atoms with Crippen LogP contribution in [-0.4, -0.2) is 33.3 Å². The molecule has 7 heteroatoms. The Morgan fingerprint density at radius 3 is 2.95 bits per heavy atom. The number of nitrogens with zero attached hydrogens (tertiary/aromatic N) is 3. The molecule has 0 aliphatic carbocycles. The molecule has 1 unspecified atom stereocenters. The average molecular weight is 300 g/mol. The van der Waals surface area contributed by atoms with Crippen molar-refractivity contribution >= 4 is 40.2 Å². The Labute approximate surface area is 120 Å². The van der Waals surface area contributed by atoms with E-state index in [0.717, 1.165) is 0 Å². The number of amides is 1. The van der Waals surface area contributed by atoms with Crippen molar-refractivity contribution in [2.75, 3.05) is 17.2 Å². The van der Waals surface area contributed by atoms with Crippen molar-refractivity contribution in [3.63, 3.8) is 0 Å². The predicted molar refractivity (Wildman–Crippen MR) is 75.4 cm³/mol. The summed E-state index contributed by atoms with van der Waals surface area (Å²) in [5, 5.41) is 0.406. The summed E-state index contributed by atoms with van der Waals surface area (Å²) in [5.41, 5.74) is 0. The van der Waals surface area contributed by atoms with E-state index in [0.29, 0.717) is 35.5 Å². The highest BCUT2D eigenvalue weighted by Gasteiger charge is 2.31. The van der Waals surface area contributed by atoms with Crippen LogP contribution in [0.15, 0.2) is 6.07 Å². The number of carbonyl (C=O) groups excluding carboxylic acids is 2. The molecule has 1 aromatic heterocycles. The number of thioether (sulfide) groups is 1. The molecule has 0 radical (unpaired) electrons. The van der Waals surface area contributed by atoms with E-state index in [1.165, 1.54) is 18.7 Å². The standard InChI is InChI=1S/C12H14ClN3O2S/c1-7-14-10(13)4-11(15-7)16-5-9(3-12(16)18)6-19-8(2)17/h4,9H,3,5-6H2,1-2H3. The Morgan fingerprint density at radius 2 is 2.32 bits per heavy atom. The number of aromatic nitrogens is 2. The van der Waals surface area contributed by atoms with Crippen LogP contribution in [0.4, 0.5) is 5.82 Å². The van der Waals surface area contributed by atoms with Gasteiger partial charge in [-0.1, -0.05) is 23.4 Å². The minimum Gasteiger partial charge on any atom is -0.296 e. The number of hydrogen-bond acceptors (Lipinski definition) is 5. The second-order valence-corrected chi connectivity index (χ2v) is 6.06. The van der Waals surface area contributed by atoms with Gasteiger partial charge in [0.15, 0.2) is 5.12 Å². The van der Waals surface area contributed by atoms with E-state index in [-0.39, 0.29) is 16.9 Å². The van der Waals surface area contributed by atoms with E-state index < -0.39 is 0 Å². The number of anilines is 1. The normalized spacial score (nSPS) is 19.0. The maximum absolute atomic E-state index is 12.0. The van der Waals surface area contributed by atoms with Gasteiger partial charge < -0.3 is 0 Å². The Kier molecular flexibility index (Phi) is 4.42. The van der Waals surface area contributed by atoms with Crippen LogP contribution in [0.5, 0.6) is 0 Å². The minimum atomic E-state index is 0.0170. The average Bonchev–Trinajstić information content (AvgIpc) is 2.66. The van der Waals surface area contributed by atoms with Crippen molar-refractivity contribution in [2.45, 2.75) is 20.3 Å². The molecule has 0 aromatic carbocycles. The second-order valence-electron chi connectivity index (χ2n) is 4.47. The second kappa shape index (κ2) is 5.88. The highest BCUT2D eigenvalue weighted by Crippen LogP contribution is 2.27. The zero-order valence-electron chi connectivity index (χ0n) is 10.7. The van der Waals surface area contributed by atoms with Gasteiger partial charge in [-0.2, -0.15) is 0 Å². The SMILES string of the molecule is CC(=O)SCC1CC(=O)N(c2cc(Cl)nc(C)n2)C1. The molecule has 1 amide bonds. The lowest BCUT2D eigenvalue weighted by molar-refractivity contribution is -0.117. The lowest BCUT2D eigenvalue weighted by Crippen LogP contribution is -2.26. The van der Waals surface area contributed by atoms with Crippen molar-refractivity contribution in [2.24, 2.45) is 5.92 Å². The number of rotatable bonds is 3. The Morgan fingerprint density at radius 1 is 1.58 bits per heavy atom. The zero-order chi connectivity index (χ0) is 14.0. The van der Waals surface area contributed by atoms with Gasteiger partial charge in [-0.3, -0.25) is 14.5 Å². The fourth-order valence-corrected chi connectivity index (χ4v) is 2.92. The van der Waals surface area contributed by atoms with Gasteiger partial charge in [0, 0.05) is 31.7 Å². The first kappa shape index (κ1) is 14.3. The van der Waals surface area contributed by atoms with Gasteiger partial charge in [-0.25, -0.2) is 9.97 Å². The molecule has 0 spiro atoms. The van der Waals surface area contributed by atoms with Crippen LogP contribution in [0.25, 0.3) is 0 Å². The molecule has 1 aliphatic rings. The Balaban J connectivity index is 2.09. The van der Waals surface area contributed by atoms with Gasteiger partial charge in [0.05, 0.1) is 0 Å². The van der Waals surface area contributed by atoms with Gasteiger partial charge >= 0.3 is 0 Å². The third kappa shape index (κ3) is 3.67. The molecular formula is C12H14ClN3O2S. The number of carbonyl (C=O) groups is 2. The number of aryl methyl sites for hydroxylation is 1. The van der Waals surface area contributed by atoms with Crippen molar-refractivity contribution in [3.05, 3.63) is 17.0 Å². The van der Waals surface area contributed by atoms with Crippen LogP contribution < -0.4 is 4.90 Å². The maximum atomic E-state index is 12.0. The molecule has 102 valence electrons. The smallest absolute Gasteiger partial charge is 0.228 e. The quantitative estimate of drug-likeness (QED) is 0.800. The van der Waals surface area contributed by atoms with E-state index in [1.807, 2.05) is 0 Å². The van der Waals surface area contributed by atoms with E-state index in [1.54, 1.807) is 17.9 Å². The van der Waals surface area contributed by atoms with Crippen molar-refractivity contribution in [3.8, 4) is 0 Å². The van der Waals surface area contributed by atoms with Crippen molar-refractivity contribution in [1.82, 2.24) is 9.97 Å². The summed E-state index contributed by atoms with van der Waals surface area (Å²) < 4.78 is 0. The molecule has 1 aliphatic heterocycles. The van der Waals surface area contributed by atoms with Gasteiger partial charge in [-0.15, -0.1) is 0 Å². The molecule has 2 rings (SSSR count). The van der Waals surface area contributed by atoms with E-state index in [4.69, 9.17) is 11.6 Å².